The first kappa shape index (κ1) is 18.0. The topological polar surface area (TPSA) is 55.3 Å². The summed E-state index contributed by atoms with van der Waals surface area (Å²) in [6.45, 7) is 0.502. The second kappa shape index (κ2) is 6.95. The van der Waals surface area contributed by atoms with Crippen LogP contribution in [-0.2, 0) is 12.6 Å². The molecule has 0 saturated heterocycles. The molecule has 1 amide bonds. The summed E-state index contributed by atoms with van der Waals surface area (Å²) >= 11 is 0. The van der Waals surface area contributed by atoms with Crippen LogP contribution < -0.4 is 9.64 Å². The quantitative estimate of drug-likeness (QED) is 0.667. The smallest absolute Gasteiger partial charge is 0.416 e. The number of aromatic nitrogens is 2. The van der Waals surface area contributed by atoms with Crippen molar-refractivity contribution in [1.82, 2.24) is 9.97 Å². The Hall–Kier alpha value is -3.42. The summed E-state index contributed by atoms with van der Waals surface area (Å²) in [5.74, 6) is 0.929. The first-order valence-electron chi connectivity index (χ1n) is 8.48. The second-order valence-electron chi connectivity index (χ2n) is 6.22. The minimum absolute atomic E-state index is 0.210. The predicted octanol–water partition coefficient (Wildman–Crippen LogP) is 4.49. The zero-order valence-corrected chi connectivity index (χ0v) is 14.5. The van der Waals surface area contributed by atoms with Gasteiger partial charge in [-0.25, -0.2) is 9.97 Å². The van der Waals surface area contributed by atoms with Gasteiger partial charge in [-0.1, -0.05) is 6.07 Å². The van der Waals surface area contributed by atoms with Crippen LogP contribution in [0, 0.1) is 0 Å². The first-order valence-corrected chi connectivity index (χ1v) is 8.48. The molecule has 1 aromatic heterocycles. The molecule has 3 aromatic rings. The second-order valence-corrected chi connectivity index (χ2v) is 6.22. The number of nitrogens with zero attached hydrogens (tertiary/aromatic N) is 3. The fourth-order valence-electron chi connectivity index (χ4n) is 3.03. The van der Waals surface area contributed by atoms with Gasteiger partial charge in [0.2, 0.25) is 0 Å². The molecule has 1 aliphatic heterocycles. The van der Waals surface area contributed by atoms with Gasteiger partial charge in [-0.15, -0.1) is 0 Å². The number of carbonyl (C=O) groups is 1. The van der Waals surface area contributed by atoms with E-state index < -0.39 is 11.7 Å². The summed E-state index contributed by atoms with van der Waals surface area (Å²) in [6.07, 6.45) is -0.801. The summed E-state index contributed by atoms with van der Waals surface area (Å²) < 4.78 is 43.6. The van der Waals surface area contributed by atoms with Gasteiger partial charge in [-0.3, -0.25) is 9.69 Å². The van der Waals surface area contributed by atoms with Gasteiger partial charge in [-0.05, 0) is 54.4 Å². The number of alkyl halides is 3. The fourth-order valence-corrected chi connectivity index (χ4v) is 3.03. The largest absolute Gasteiger partial charge is 0.457 e. The number of hydrogen-bond donors (Lipinski definition) is 0. The highest BCUT2D eigenvalue weighted by molar-refractivity contribution is 6.07. The number of halogens is 3. The van der Waals surface area contributed by atoms with Crippen LogP contribution >= 0.6 is 0 Å². The molecular weight excluding hydrogens is 371 g/mol. The van der Waals surface area contributed by atoms with Crippen molar-refractivity contribution < 1.29 is 22.7 Å². The molecule has 1 aliphatic rings. The van der Waals surface area contributed by atoms with Gasteiger partial charge in [0.25, 0.3) is 5.91 Å². The van der Waals surface area contributed by atoms with Crippen LogP contribution in [0.2, 0.25) is 0 Å². The van der Waals surface area contributed by atoms with E-state index in [1.54, 1.807) is 35.4 Å². The third kappa shape index (κ3) is 3.53. The molecule has 2 aromatic carbocycles. The van der Waals surface area contributed by atoms with Crippen LogP contribution in [0.5, 0.6) is 11.5 Å². The lowest BCUT2D eigenvalue weighted by atomic mass is 9.98. The number of hydrogen-bond acceptors (Lipinski definition) is 4. The minimum atomic E-state index is -4.40. The molecule has 0 spiro atoms. The van der Waals surface area contributed by atoms with E-state index in [9.17, 15) is 18.0 Å². The number of amides is 1. The lowest BCUT2D eigenvalue weighted by Crippen LogP contribution is -2.38. The molecule has 4 rings (SSSR count). The van der Waals surface area contributed by atoms with Crippen molar-refractivity contribution in [2.24, 2.45) is 0 Å². The van der Waals surface area contributed by atoms with E-state index in [4.69, 9.17) is 4.74 Å². The maximum absolute atomic E-state index is 12.9. The van der Waals surface area contributed by atoms with E-state index in [0.29, 0.717) is 30.1 Å². The van der Waals surface area contributed by atoms with Gasteiger partial charge in [-0.2, -0.15) is 13.2 Å². The molecule has 142 valence electrons. The van der Waals surface area contributed by atoms with Gasteiger partial charge in [0.1, 0.15) is 23.6 Å². The van der Waals surface area contributed by atoms with Crippen LogP contribution in [0.15, 0.2) is 61.1 Å². The molecule has 0 N–H and O–H groups in total. The third-order valence-electron chi connectivity index (χ3n) is 4.42. The molecule has 0 aliphatic carbocycles. The Morgan fingerprint density at radius 1 is 1.00 bits per heavy atom. The van der Waals surface area contributed by atoms with E-state index in [0.717, 1.165) is 17.7 Å². The molecule has 0 atom stereocenters. The predicted molar refractivity (Wildman–Crippen MR) is 95.4 cm³/mol. The van der Waals surface area contributed by atoms with Gasteiger partial charge in [0, 0.05) is 18.3 Å². The maximum atomic E-state index is 12.9. The van der Waals surface area contributed by atoms with E-state index in [1.165, 1.54) is 18.5 Å². The molecule has 0 unspecified atom stereocenters. The van der Waals surface area contributed by atoms with E-state index in [1.807, 2.05) is 0 Å². The summed E-state index contributed by atoms with van der Waals surface area (Å²) in [5.41, 5.74) is 0.616. The van der Waals surface area contributed by atoms with E-state index in [2.05, 4.69) is 9.97 Å². The summed E-state index contributed by atoms with van der Waals surface area (Å²) in [7, 11) is 0. The summed E-state index contributed by atoms with van der Waals surface area (Å²) in [4.78, 5) is 22.4. The van der Waals surface area contributed by atoms with Crippen molar-refractivity contribution >= 4 is 11.7 Å². The molecule has 0 fully saturated rings. The molecule has 0 radical (unpaired) electrons. The van der Waals surface area contributed by atoms with Crippen molar-refractivity contribution in [2.75, 3.05) is 11.4 Å². The molecule has 8 heteroatoms. The third-order valence-corrected chi connectivity index (χ3v) is 4.42. The number of benzene rings is 2. The van der Waals surface area contributed by atoms with Crippen LogP contribution in [0.3, 0.4) is 0 Å². The van der Waals surface area contributed by atoms with Gasteiger partial charge in [0.15, 0.2) is 0 Å². The van der Waals surface area contributed by atoms with Crippen LogP contribution in [-0.4, -0.2) is 22.4 Å². The van der Waals surface area contributed by atoms with Gasteiger partial charge in [0.05, 0.1) is 5.56 Å². The Kier molecular flexibility index (Phi) is 4.46. The van der Waals surface area contributed by atoms with Crippen LogP contribution in [0.1, 0.15) is 21.5 Å². The Morgan fingerprint density at radius 2 is 1.75 bits per heavy atom. The standard InChI is InChI=1S/C20H14F3N3O2/c21-20(22,23)14-2-5-15(6-3-14)28-16-4-1-13-8-10-26(19(27)17(13)11-16)18-7-9-24-12-25-18/h1-7,9,11-12H,8,10H2. The number of fused-ring (bicyclic) bond motifs is 1. The number of ether oxygens (including phenoxy) is 1. The SMILES string of the molecule is O=C1c2cc(Oc3ccc(C(F)(F)F)cc3)ccc2CCN1c1ccncn1. The van der Waals surface area contributed by atoms with Gasteiger partial charge >= 0.3 is 6.18 Å². The minimum Gasteiger partial charge on any atom is -0.457 e. The highest BCUT2D eigenvalue weighted by Gasteiger charge is 2.30. The van der Waals surface area contributed by atoms with Crippen molar-refractivity contribution in [3.8, 4) is 11.5 Å². The molecule has 2 heterocycles. The highest BCUT2D eigenvalue weighted by Crippen LogP contribution is 2.32. The molecular formula is C20H14F3N3O2. The lowest BCUT2D eigenvalue weighted by Gasteiger charge is -2.27. The average Bonchev–Trinajstić information content (AvgIpc) is 2.69. The molecule has 5 nitrogen and oxygen atoms in total. The first-order chi connectivity index (χ1) is 13.4. The van der Waals surface area contributed by atoms with Crippen LogP contribution in [0.4, 0.5) is 19.0 Å². The van der Waals surface area contributed by atoms with E-state index >= 15 is 0 Å². The van der Waals surface area contributed by atoms with Gasteiger partial charge < -0.3 is 4.74 Å². The Bertz CT molecular complexity index is 1010. The van der Waals surface area contributed by atoms with Crippen molar-refractivity contribution in [3.63, 3.8) is 0 Å². The Balaban J connectivity index is 1.57. The fraction of sp³-hybridized carbons (Fsp3) is 0.150. The molecule has 28 heavy (non-hydrogen) atoms. The van der Waals surface area contributed by atoms with Crippen molar-refractivity contribution in [3.05, 3.63) is 77.7 Å². The van der Waals surface area contributed by atoms with E-state index in [-0.39, 0.29) is 11.7 Å². The van der Waals surface area contributed by atoms with Crippen molar-refractivity contribution in [2.45, 2.75) is 12.6 Å². The van der Waals surface area contributed by atoms with Crippen LogP contribution in [0.25, 0.3) is 0 Å². The number of anilines is 1. The highest BCUT2D eigenvalue weighted by atomic mass is 19.4. The monoisotopic (exact) mass is 385 g/mol. The summed E-state index contributed by atoms with van der Waals surface area (Å²) in [5, 5.41) is 0. The Morgan fingerprint density at radius 3 is 2.43 bits per heavy atom. The average molecular weight is 385 g/mol. The van der Waals surface area contributed by atoms with Crippen molar-refractivity contribution in [1.29, 1.82) is 0 Å². The maximum Gasteiger partial charge on any atom is 0.416 e. The number of carbonyl (C=O) groups excluding carboxylic acids is 1. The zero-order chi connectivity index (χ0) is 19.7. The molecule has 0 bridgehead atoms. The number of rotatable bonds is 3. The molecule has 0 saturated carbocycles. The normalized spacial score (nSPS) is 14.0. The summed E-state index contributed by atoms with van der Waals surface area (Å²) in [6, 6.07) is 11.2. The lowest BCUT2D eigenvalue weighted by molar-refractivity contribution is -0.137. The zero-order valence-electron chi connectivity index (χ0n) is 14.5. The Labute approximate surface area is 158 Å².